The Morgan fingerprint density at radius 1 is 0.457 bits per heavy atom. The molecule has 0 aliphatic rings. The fourth-order valence-corrected chi connectivity index (χ4v) is 4.70. The molecule has 10 nitrogen and oxygen atoms in total. The molecule has 10 heteroatoms. The average molecular weight is 605 g/mol. The van der Waals surface area contributed by atoms with Crippen molar-refractivity contribution in [1.29, 1.82) is 0 Å². The molecule has 7 rings (SSSR count). The second kappa shape index (κ2) is 12.5. The van der Waals surface area contributed by atoms with Crippen LogP contribution >= 0.6 is 0 Å². The van der Waals surface area contributed by atoms with Crippen molar-refractivity contribution in [2.45, 2.75) is 0 Å². The Labute approximate surface area is 262 Å². The van der Waals surface area contributed by atoms with Crippen LogP contribution in [0.3, 0.4) is 0 Å². The molecule has 0 spiro atoms. The molecule has 7 aromatic rings. The molecule has 0 radical (unpaired) electrons. The van der Waals surface area contributed by atoms with Crippen LogP contribution in [0, 0.1) is 0 Å². The quantitative estimate of drug-likeness (QED) is 0.139. The molecule has 0 aliphatic carbocycles. The summed E-state index contributed by atoms with van der Waals surface area (Å²) in [7, 11) is 0. The molecule has 2 N–H and O–H groups in total. The minimum absolute atomic E-state index is 0.273. The highest BCUT2D eigenvalue weighted by molar-refractivity contribution is 5.95. The Kier molecular flexibility index (Phi) is 7.64. The normalized spacial score (nSPS) is 10.8. The van der Waals surface area contributed by atoms with Gasteiger partial charge in [0.25, 0.3) is 0 Å². The number of aromatic nitrogens is 6. The van der Waals surface area contributed by atoms with Gasteiger partial charge >= 0.3 is 11.9 Å². The molecule has 0 fully saturated rings. The summed E-state index contributed by atoms with van der Waals surface area (Å²) in [5.41, 5.74) is 3.74. The first-order valence-corrected chi connectivity index (χ1v) is 14.3. The van der Waals surface area contributed by atoms with Gasteiger partial charge in [-0.3, -0.25) is 10.2 Å². The van der Waals surface area contributed by atoms with Gasteiger partial charge in [0.2, 0.25) is 0 Å². The standard InChI is InChI=1S/C36H24N6O4/c43-35(45-29-15-7-13-27(21-29)33-37-31(39-41-33)23-9-3-1-4-10-23)25-17-19-26(20-18-25)36(44)46-30-16-8-14-28(22-30)34-38-32(40-42-34)24-11-5-2-6-12-24/h1-22H,(H,37,39,41)(H,38,40,42). The second-order valence-electron chi connectivity index (χ2n) is 10.2. The fraction of sp³-hybridized carbons (Fsp3) is 0. The lowest BCUT2D eigenvalue weighted by atomic mass is 10.1. The fourth-order valence-electron chi connectivity index (χ4n) is 4.70. The van der Waals surface area contributed by atoms with E-state index in [2.05, 4.69) is 30.4 Å². The molecule has 0 saturated carbocycles. The lowest BCUT2D eigenvalue weighted by Gasteiger charge is -2.08. The van der Waals surface area contributed by atoms with E-state index in [1.54, 1.807) is 36.4 Å². The molecule has 2 aromatic heterocycles. The second-order valence-corrected chi connectivity index (χ2v) is 10.2. The van der Waals surface area contributed by atoms with Crippen molar-refractivity contribution in [2.24, 2.45) is 0 Å². The number of nitrogens with one attached hydrogen (secondary N) is 2. The number of carbonyl (C=O) groups is 2. The van der Waals surface area contributed by atoms with E-state index >= 15 is 0 Å². The zero-order valence-electron chi connectivity index (χ0n) is 24.1. The number of hydrogen-bond donors (Lipinski definition) is 2. The molecule has 0 atom stereocenters. The lowest BCUT2D eigenvalue weighted by Crippen LogP contribution is -2.11. The van der Waals surface area contributed by atoms with Gasteiger partial charge < -0.3 is 9.47 Å². The van der Waals surface area contributed by atoms with E-state index in [4.69, 9.17) is 9.47 Å². The van der Waals surface area contributed by atoms with Gasteiger partial charge in [0.1, 0.15) is 11.5 Å². The van der Waals surface area contributed by atoms with Crippen LogP contribution in [0.15, 0.2) is 133 Å². The van der Waals surface area contributed by atoms with Gasteiger partial charge in [0, 0.05) is 22.3 Å². The van der Waals surface area contributed by atoms with E-state index in [0.717, 1.165) is 11.1 Å². The van der Waals surface area contributed by atoms with Crippen molar-refractivity contribution in [3.63, 3.8) is 0 Å². The largest absolute Gasteiger partial charge is 0.423 e. The van der Waals surface area contributed by atoms with E-state index in [1.165, 1.54) is 24.3 Å². The zero-order chi connectivity index (χ0) is 31.3. The topological polar surface area (TPSA) is 136 Å². The first-order valence-electron chi connectivity index (χ1n) is 14.3. The summed E-state index contributed by atoms with van der Waals surface area (Å²) in [5.74, 6) is 1.75. The third-order valence-corrected chi connectivity index (χ3v) is 7.03. The van der Waals surface area contributed by atoms with Gasteiger partial charge in [-0.25, -0.2) is 19.6 Å². The number of H-pyrrole nitrogens is 2. The Balaban J connectivity index is 0.992. The van der Waals surface area contributed by atoms with Crippen LogP contribution in [0.5, 0.6) is 11.5 Å². The minimum Gasteiger partial charge on any atom is -0.423 e. The third kappa shape index (κ3) is 6.17. The van der Waals surface area contributed by atoms with Crippen LogP contribution in [-0.2, 0) is 0 Å². The Bertz CT molecular complexity index is 1990. The van der Waals surface area contributed by atoms with E-state index in [0.29, 0.717) is 45.9 Å². The SMILES string of the molecule is O=C(Oc1cccc(-c2nc(-c3ccccc3)n[nH]2)c1)c1ccc(C(=O)Oc2cccc(-c3nc(-c4ccccc4)n[nH]3)c2)cc1. The van der Waals surface area contributed by atoms with Gasteiger partial charge in [-0.15, -0.1) is 0 Å². The van der Waals surface area contributed by atoms with E-state index in [-0.39, 0.29) is 11.1 Å². The van der Waals surface area contributed by atoms with Crippen LogP contribution < -0.4 is 9.47 Å². The van der Waals surface area contributed by atoms with E-state index in [9.17, 15) is 9.59 Å². The van der Waals surface area contributed by atoms with Crippen molar-refractivity contribution in [3.8, 4) is 57.1 Å². The lowest BCUT2D eigenvalue weighted by molar-refractivity contribution is 0.0720. The van der Waals surface area contributed by atoms with Gasteiger partial charge in [0.15, 0.2) is 23.3 Å². The number of esters is 2. The zero-order valence-corrected chi connectivity index (χ0v) is 24.1. The summed E-state index contributed by atoms with van der Waals surface area (Å²) in [6, 6.07) is 39.3. The number of hydrogen-bond acceptors (Lipinski definition) is 8. The highest BCUT2D eigenvalue weighted by Crippen LogP contribution is 2.26. The number of ether oxygens (including phenoxy) is 2. The summed E-state index contributed by atoms with van der Waals surface area (Å²) < 4.78 is 11.2. The van der Waals surface area contributed by atoms with Crippen LogP contribution in [0.4, 0.5) is 0 Å². The van der Waals surface area contributed by atoms with Gasteiger partial charge in [0.05, 0.1) is 11.1 Å². The molecule has 46 heavy (non-hydrogen) atoms. The van der Waals surface area contributed by atoms with Gasteiger partial charge in [-0.2, -0.15) is 10.2 Å². The molecule has 0 aliphatic heterocycles. The summed E-state index contributed by atoms with van der Waals surface area (Å²) in [4.78, 5) is 34.9. The summed E-state index contributed by atoms with van der Waals surface area (Å²) in [6.45, 7) is 0. The molecule has 0 bridgehead atoms. The van der Waals surface area contributed by atoms with E-state index in [1.807, 2.05) is 72.8 Å². The molecular formula is C36H24N6O4. The number of nitrogens with zero attached hydrogens (tertiary/aromatic N) is 4. The molecule has 0 amide bonds. The van der Waals surface area contributed by atoms with Gasteiger partial charge in [-0.05, 0) is 48.5 Å². The molecule has 5 aromatic carbocycles. The summed E-state index contributed by atoms with van der Waals surface area (Å²) in [6.07, 6.45) is 0. The van der Waals surface area contributed by atoms with Crippen molar-refractivity contribution >= 4 is 11.9 Å². The predicted molar refractivity (Wildman–Crippen MR) is 171 cm³/mol. The van der Waals surface area contributed by atoms with E-state index < -0.39 is 11.9 Å². The maximum absolute atomic E-state index is 12.9. The smallest absolute Gasteiger partial charge is 0.343 e. The highest BCUT2D eigenvalue weighted by atomic mass is 16.5. The molecule has 0 unspecified atom stereocenters. The molecule has 0 saturated heterocycles. The maximum atomic E-state index is 12.9. The van der Waals surface area contributed by atoms with Gasteiger partial charge in [-0.1, -0.05) is 84.9 Å². The Morgan fingerprint density at radius 3 is 1.26 bits per heavy atom. The number of aromatic amines is 2. The predicted octanol–water partition coefficient (Wildman–Crippen LogP) is 7.03. The van der Waals surface area contributed by atoms with Crippen LogP contribution in [0.2, 0.25) is 0 Å². The first-order chi connectivity index (χ1) is 22.6. The monoisotopic (exact) mass is 604 g/mol. The average Bonchev–Trinajstić information content (AvgIpc) is 3.81. The molecule has 222 valence electrons. The van der Waals surface area contributed by atoms with Crippen molar-refractivity contribution < 1.29 is 19.1 Å². The summed E-state index contributed by atoms with van der Waals surface area (Å²) >= 11 is 0. The molecule has 2 heterocycles. The van der Waals surface area contributed by atoms with Crippen molar-refractivity contribution in [1.82, 2.24) is 30.4 Å². The third-order valence-electron chi connectivity index (χ3n) is 7.03. The van der Waals surface area contributed by atoms with Crippen molar-refractivity contribution in [2.75, 3.05) is 0 Å². The highest BCUT2D eigenvalue weighted by Gasteiger charge is 2.15. The Morgan fingerprint density at radius 2 is 0.848 bits per heavy atom. The number of benzene rings is 5. The van der Waals surface area contributed by atoms with Crippen LogP contribution in [0.1, 0.15) is 20.7 Å². The molecular weight excluding hydrogens is 580 g/mol. The number of carbonyl (C=O) groups excluding carboxylic acids is 2. The minimum atomic E-state index is -0.575. The van der Waals surface area contributed by atoms with Crippen molar-refractivity contribution in [3.05, 3.63) is 145 Å². The maximum Gasteiger partial charge on any atom is 0.343 e. The first kappa shape index (κ1) is 28.1. The Hall–Kier alpha value is -6.68. The number of rotatable bonds is 8. The van der Waals surface area contributed by atoms with Crippen LogP contribution in [-0.4, -0.2) is 42.3 Å². The summed E-state index contributed by atoms with van der Waals surface area (Å²) in [5, 5.41) is 14.4. The van der Waals surface area contributed by atoms with Crippen LogP contribution in [0.25, 0.3) is 45.6 Å².